The van der Waals surface area contributed by atoms with Gasteiger partial charge in [0, 0.05) is 12.1 Å². The molecule has 0 saturated heterocycles. The van der Waals surface area contributed by atoms with Gasteiger partial charge in [-0.15, -0.1) is 0 Å². The van der Waals surface area contributed by atoms with Crippen molar-refractivity contribution in [3.63, 3.8) is 0 Å². The third kappa shape index (κ3) is 2.55. The highest BCUT2D eigenvalue weighted by Crippen LogP contribution is 2.22. The molecule has 0 fully saturated rings. The number of H-pyrrole nitrogens is 1. The highest BCUT2D eigenvalue weighted by molar-refractivity contribution is 7.71. The van der Waals surface area contributed by atoms with Crippen LogP contribution in [0.4, 0.5) is 11.4 Å². The molecule has 10 heteroatoms. The summed E-state index contributed by atoms with van der Waals surface area (Å²) in [5.41, 5.74) is 0.585. The summed E-state index contributed by atoms with van der Waals surface area (Å²) in [4.78, 5) is 20.3. The van der Waals surface area contributed by atoms with Crippen LogP contribution in [0.5, 0.6) is 0 Å². The molecule has 20 heavy (non-hydrogen) atoms. The fourth-order valence-corrected chi connectivity index (χ4v) is 2.04. The predicted octanol–water partition coefficient (Wildman–Crippen LogP) is 2.82. The smallest absolute Gasteiger partial charge is 0.326 e. The number of nitro benzene ring substituents is 1. The lowest BCUT2D eigenvalue weighted by atomic mass is 10.3. The first-order chi connectivity index (χ1) is 8.91. The van der Waals surface area contributed by atoms with E-state index in [0.717, 1.165) is 0 Å². The highest BCUT2D eigenvalue weighted by atomic mass is 32.1. The van der Waals surface area contributed by atoms with Gasteiger partial charge >= 0.3 is 5.69 Å². The first-order valence-electron chi connectivity index (χ1n) is 5.12. The molecule has 1 heterocycles. The first kappa shape index (κ1) is 15.5. The molecule has 2 rings (SSSR count). The lowest BCUT2D eigenvalue weighted by Crippen LogP contribution is -1.97. The van der Waals surface area contributed by atoms with Crippen molar-refractivity contribution < 1.29 is 9.85 Å². The monoisotopic (exact) mass is 297 g/mol. The molecular formula is C10H11N5O4S. The Bertz CT molecular complexity index is 718. The quantitative estimate of drug-likeness (QED) is 0.506. The van der Waals surface area contributed by atoms with E-state index >= 15 is 0 Å². The number of hydrogen-bond acceptors (Lipinski definition) is 6. The summed E-state index contributed by atoms with van der Waals surface area (Å²) < 4.78 is 1.36. The molecule has 0 atom stereocenters. The van der Waals surface area contributed by atoms with Gasteiger partial charge in [0.1, 0.15) is 5.69 Å². The summed E-state index contributed by atoms with van der Waals surface area (Å²) in [6.07, 6.45) is 0. The minimum atomic E-state index is -0.559. The van der Waals surface area contributed by atoms with Crippen LogP contribution in [-0.2, 0) is 0 Å². The Labute approximate surface area is 117 Å². The summed E-state index contributed by atoms with van der Waals surface area (Å²) >= 11 is 5.01. The van der Waals surface area contributed by atoms with Crippen LogP contribution in [0.15, 0.2) is 24.3 Å². The molecule has 0 saturated carbocycles. The van der Waals surface area contributed by atoms with Crippen molar-refractivity contribution in [2.45, 2.75) is 6.92 Å². The van der Waals surface area contributed by atoms with Crippen LogP contribution < -0.4 is 6.15 Å². The van der Waals surface area contributed by atoms with Crippen molar-refractivity contribution in [1.82, 2.24) is 15.9 Å². The van der Waals surface area contributed by atoms with Crippen molar-refractivity contribution in [2.75, 3.05) is 0 Å². The normalized spacial score (nSPS) is 9.85. The summed E-state index contributed by atoms with van der Waals surface area (Å²) in [6.45, 7) is 1.54. The minimum Gasteiger partial charge on any atom is -0.344 e. The fourth-order valence-electron chi connectivity index (χ4n) is 1.66. The lowest BCUT2D eigenvalue weighted by Gasteiger charge is -2.01. The summed E-state index contributed by atoms with van der Waals surface area (Å²) in [6, 6.07) is 5.54. The Morgan fingerprint density at radius 1 is 1.15 bits per heavy atom. The number of non-ortho nitro benzene ring substituents is 1. The number of aryl methyl sites for hydroxylation is 1. The van der Waals surface area contributed by atoms with Gasteiger partial charge in [0.25, 0.3) is 5.69 Å². The second-order valence-corrected chi connectivity index (χ2v) is 4.14. The molecule has 1 aromatic carbocycles. The van der Waals surface area contributed by atoms with Crippen molar-refractivity contribution in [3.8, 4) is 5.69 Å². The zero-order valence-electron chi connectivity index (χ0n) is 10.4. The molecule has 2 aromatic rings. The van der Waals surface area contributed by atoms with E-state index in [9.17, 15) is 20.2 Å². The number of nitrogens with zero attached hydrogens (tertiary/aromatic N) is 3. The first-order valence-corrected chi connectivity index (χ1v) is 5.53. The minimum absolute atomic E-state index is 0. The molecule has 0 radical (unpaired) electrons. The molecule has 0 amide bonds. The van der Waals surface area contributed by atoms with Gasteiger partial charge in [0.05, 0.1) is 15.5 Å². The zero-order valence-corrected chi connectivity index (χ0v) is 11.2. The zero-order chi connectivity index (χ0) is 14.2. The van der Waals surface area contributed by atoms with Gasteiger partial charge in [-0.1, -0.05) is 12.2 Å². The Morgan fingerprint density at radius 3 is 2.10 bits per heavy atom. The third-order valence-electron chi connectivity index (χ3n) is 2.54. The largest absolute Gasteiger partial charge is 0.344 e. The van der Waals surface area contributed by atoms with Gasteiger partial charge in [0.2, 0.25) is 4.64 Å². The van der Waals surface area contributed by atoms with Crippen LogP contribution in [0.3, 0.4) is 0 Å². The Kier molecular flexibility index (Phi) is 4.32. The number of aromatic amines is 1. The summed E-state index contributed by atoms with van der Waals surface area (Å²) in [5, 5.41) is 24.2. The van der Waals surface area contributed by atoms with Crippen molar-refractivity contribution in [3.05, 3.63) is 54.8 Å². The number of hydrogen-bond donors (Lipinski definition) is 2. The van der Waals surface area contributed by atoms with Gasteiger partial charge in [-0.3, -0.25) is 25.3 Å². The standard InChI is InChI=1S/C10H8N4O4S.H3N/c1-6-9(14(17)18)10(19)12(11-6)7-2-4-8(5-3-7)13(15)16;/h2-5,11H,1H3;1H3. The topological polar surface area (TPSA) is 142 Å². The number of nitrogens with one attached hydrogen (secondary N) is 1. The van der Waals surface area contributed by atoms with E-state index in [1.807, 2.05) is 0 Å². The second-order valence-electron chi connectivity index (χ2n) is 3.76. The molecule has 4 N–H and O–H groups in total. The van der Waals surface area contributed by atoms with Crippen LogP contribution in [0.1, 0.15) is 5.69 Å². The number of nitro groups is 2. The number of rotatable bonds is 3. The molecule has 0 aliphatic carbocycles. The van der Waals surface area contributed by atoms with E-state index in [1.54, 1.807) is 0 Å². The molecule has 0 aliphatic rings. The molecule has 0 aliphatic heterocycles. The molecule has 1 aromatic heterocycles. The van der Waals surface area contributed by atoms with Gasteiger partial charge < -0.3 is 6.15 Å². The van der Waals surface area contributed by atoms with Gasteiger partial charge in [-0.05, 0) is 19.1 Å². The van der Waals surface area contributed by atoms with E-state index in [1.165, 1.54) is 35.9 Å². The maximum Gasteiger partial charge on any atom is 0.326 e. The van der Waals surface area contributed by atoms with E-state index in [4.69, 9.17) is 12.2 Å². The average molecular weight is 297 g/mol. The van der Waals surface area contributed by atoms with Crippen LogP contribution in [0.2, 0.25) is 0 Å². The molecular weight excluding hydrogens is 286 g/mol. The number of aromatic nitrogens is 2. The van der Waals surface area contributed by atoms with Crippen molar-refractivity contribution >= 4 is 23.6 Å². The summed E-state index contributed by atoms with van der Waals surface area (Å²) in [5.74, 6) is 0. The van der Waals surface area contributed by atoms with E-state index < -0.39 is 9.85 Å². The SMILES string of the molecule is Cc1[nH]n(-c2ccc([N+](=O)[O-])cc2)c(=S)c1[N+](=O)[O-].N. The lowest BCUT2D eigenvalue weighted by molar-refractivity contribution is -0.386. The van der Waals surface area contributed by atoms with E-state index in [0.29, 0.717) is 11.4 Å². The molecule has 106 valence electrons. The highest BCUT2D eigenvalue weighted by Gasteiger charge is 2.19. The summed E-state index contributed by atoms with van der Waals surface area (Å²) in [7, 11) is 0. The fraction of sp³-hybridized carbons (Fsp3) is 0.100. The molecule has 9 nitrogen and oxygen atoms in total. The van der Waals surface area contributed by atoms with Crippen LogP contribution in [0, 0.1) is 31.8 Å². The van der Waals surface area contributed by atoms with Gasteiger partial charge in [-0.25, -0.2) is 4.68 Å². The average Bonchev–Trinajstić information content (AvgIpc) is 2.65. The maximum atomic E-state index is 10.8. The Morgan fingerprint density at radius 2 is 1.70 bits per heavy atom. The molecule has 0 bridgehead atoms. The Hall–Kier alpha value is -2.59. The van der Waals surface area contributed by atoms with E-state index in [-0.39, 0.29) is 22.2 Å². The van der Waals surface area contributed by atoms with Crippen LogP contribution in [0.25, 0.3) is 5.69 Å². The molecule has 0 spiro atoms. The van der Waals surface area contributed by atoms with Crippen molar-refractivity contribution in [2.24, 2.45) is 0 Å². The van der Waals surface area contributed by atoms with E-state index in [2.05, 4.69) is 5.10 Å². The third-order valence-corrected chi connectivity index (χ3v) is 2.92. The predicted molar refractivity (Wildman–Crippen MR) is 74.0 cm³/mol. The van der Waals surface area contributed by atoms with Gasteiger partial charge in [0.15, 0.2) is 0 Å². The number of benzene rings is 1. The van der Waals surface area contributed by atoms with Crippen LogP contribution >= 0.6 is 12.2 Å². The molecule has 0 unspecified atom stereocenters. The maximum absolute atomic E-state index is 10.8. The van der Waals surface area contributed by atoms with Crippen LogP contribution in [-0.4, -0.2) is 19.6 Å². The Balaban J connectivity index is 0.00000200. The van der Waals surface area contributed by atoms with Gasteiger partial charge in [-0.2, -0.15) is 0 Å². The second kappa shape index (κ2) is 5.59. The van der Waals surface area contributed by atoms with Crippen molar-refractivity contribution in [1.29, 1.82) is 0 Å².